The van der Waals surface area contributed by atoms with Crippen LogP contribution < -0.4 is 0 Å². The number of halogens is 2. The molecule has 4 heavy (non-hydrogen) atoms. The monoisotopic (exact) mass is 530 g/mol. The number of rotatable bonds is 0. The molecule has 0 aromatic rings. The minimum Gasteiger partial charge on any atom is 0 e. The first-order chi connectivity index (χ1) is 0. The minimum absolute atomic E-state index is 0. The summed E-state index contributed by atoms with van der Waals surface area (Å²) < 4.78 is 0. The van der Waals surface area contributed by atoms with E-state index in [9.17, 15) is 0 Å². The maximum absolute atomic E-state index is 0. The van der Waals surface area contributed by atoms with Crippen molar-refractivity contribution in [3.63, 3.8) is 0 Å². The van der Waals surface area contributed by atoms with Gasteiger partial charge in [-0.2, -0.15) is 0 Å². The molecule has 0 spiro atoms. The molecule has 0 aliphatic rings. The van der Waals surface area contributed by atoms with Gasteiger partial charge in [-0.15, -0.1) is 48.0 Å². The van der Waals surface area contributed by atoms with Crippen molar-refractivity contribution < 1.29 is 27.7 Å². The Balaban J connectivity index is 0. The summed E-state index contributed by atoms with van der Waals surface area (Å²) in [5.41, 5.74) is 0. The summed E-state index contributed by atoms with van der Waals surface area (Å²) >= 11 is 0. The van der Waals surface area contributed by atoms with Crippen LogP contribution in [0.1, 0.15) is 0 Å². The molecule has 0 radical (unpaired) electrons. The van der Waals surface area contributed by atoms with Gasteiger partial charge < -0.3 is 0 Å². The zero-order valence-corrected chi connectivity index (χ0v) is 11.7. The topological polar surface area (TPSA) is 0 Å². The Morgan fingerprint density at radius 2 is 0.750 bits per heavy atom. The Bertz CT molecular complexity index is 6.00. The zero-order valence-electron chi connectivity index (χ0n) is 1.52. The Morgan fingerprint density at radius 1 is 0.750 bits per heavy atom. The molecule has 0 aromatic carbocycles. The molecule has 0 amide bonds. The van der Waals surface area contributed by atoms with E-state index in [0.717, 1.165) is 0 Å². The van der Waals surface area contributed by atoms with Gasteiger partial charge in [0, 0.05) is 27.7 Å². The SMILES string of the molecule is I.I.[GaH3].[Hg]. The van der Waals surface area contributed by atoms with Gasteiger partial charge in [0.25, 0.3) is 0 Å². The third-order valence-corrected chi connectivity index (χ3v) is 0. The number of hydrogen-bond acceptors (Lipinski definition) is 0. The molecular formula is H5GaHgI2. The largest absolute Gasteiger partial charge is 0 e. The molecule has 0 aliphatic heterocycles. The van der Waals surface area contributed by atoms with Gasteiger partial charge in [0.15, 0.2) is 0 Å². The van der Waals surface area contributed by atoms with E-state index >= 15 is 0 Å². The molecule has 0 bridgehead atoms. The Labute approximate surface area is 93.5 Å². The van der Waals surface area contributed by atoms with Gasteiger partial charge in [-0.3, -0.25) is 0 Å². The fraction of sp³-hybridized carbons (Fsp3) is 0. The molecule has 0 aromatic heterocycles. The van der Waals surface area contributed by atoms with Gasteiger partial charge in [-0.25, -0.2) is 0 Å². The van der Waals surface area contributed by atoms with E-state index in [1.165, 1.54) is 0 Å². The Morgan fingerprint density at radius 3 is 0.750 bits per heavy atom. The first-order valence-corrected chi connectivity index (χ1v) is 0. The second-order valence-corrected chi connectivity index (χ2v) is 0. The zero-order chi connectivity index (χ0) is 0. The van der Waals surface area contributed by atoms with E-state index in [4.69, 9.17) is 0 Å². The van der Waals surface area contributed by atoms with Crippen molar-refractivity contribution >= 4 is 67.7 Å². The van der Waals surface area contributed by atoms with Crippen LogP contribution in [-0.4, -0.2) is 19.8 Å². The molecule has 0 N–H and O–H groups in total. The molecule has 0 heterocycles. The summed E-state index contributed by atoms with van der Waals surface area (Å²) in [6, 6.07) is 0. The smallest absolute Gasteiger partial charge is 0 e. The number of hydrogen-bond donors (Lipinski definition) is 0. The summed E-state index contributed by atoms with van der Waals surface area (Å²) in [6.45, 7) is 0. The summed E-state index contributed by atoms with van der Waals surface area (Å²) in [7, 11) is 0. The molecule has 0 saturated carbocycles. The van der Waals surface area contributed by atoms with Crippen molar-refractivity contribution in [2.24, 2.45) is 0 Å². The van der Waals surface area contributed by atoms with E-state index < -0.39 is 0 Å². The third-order valence-electron chi connectivity index (χ3n) is 0. The fourth-order valence-electron chi connectivity index (χ4n) is 0. The summed E-state index contributed by atoms with van der Waals surface area (Å²) in [5, 5.41) is 0. The van der Waals surface area contributed by atoms with E-state index in [1.807, 2.05) is 0 Å². The minimum atomic E-state index is 0. The second-order valence-electron chi connectivity index (χ2n) is 0. The van der Waals surface area contributed by atoms with Crippen molar-refractivity contribution in [3.8, 4) is 0 Å². The molecule has 0 rings (SSSR count). The van der Waals surface area contributed by atoms with E-state index in [0.29, 0.717) is 0 Å². The van der Waals surface area contributed by atoms with Gasteiger partial charge in [0.1, 0.15) is 0 Å². The normalized spacial score (nSPS) is 0. The van der Waals surface area contributed by atoms with Crippen LogP contribution in [0.15, 0.2) is 0 Å². The molecule has 4 heteroatoms. The Hall–Kier alpha value is 3.03. The van der Waals surface area contributed by atoms with Crippen LogP contribution in [0.4, 0.5) is 0 Å². The molecular weight excluding hydrogens is 524 g/mol. The fourth-order valence-corrected chi connectivity index (χ4v) is 0. The van der Waals surface area contributed by atoms with Crippen molar-refractivity contribution in [2.75, 3.05) is 0 Å². The van der Waals surface area contributed by atoms with E-state index in [1.54, 1.807) is 0 Å². The summed E-state index contributed by atoms with van der Waals surface area (Å²) in [4.78, 5) is 0. The predicted octanol–water partition coefficient (Wildman–Crippen LogP) is 0.0496. The maximum Gasteiger partial charge on any atom is 0 e. The molecule has 24 valence electrons. The van der Waals surface area contributed by atoms with Gasteiger partial charge in [-0.1, -0.05) is 0 Å². The quantitative estimate of drug-likeness (QED) is 0.308. The van der Waals surface area contributed by atoms with Crippen LogP contribution in [0, 0.1) is 0 Å². The van der Waals surface area contributed by atoms with Crippen molar-refractivity contribution in [1.29, 1.82) is 0 Å². The van der Waals surface area contributed by atoms with Gasteiger partial charge in [-0.05, 0) is 0 Å². The molecule has 0 unspecified atom stereocenters. The first kappa shape index (κ1) is 27.8. The molecule has 0 saturated heterocycles. The van der Waals surface area contributed by atoms with Crippen LogP contribution in [-0.2, 0) is 27.7 Å². The van der Waals surface area contributed by atoms with E-state index in [2.05, 4.69) is 0 Å². The maximum atomic E-state index is 0. The average Bonchev–Trinajstić information content (AvgIpc) is 0. The molecule has 0 nitrogen and oxygen atoms in total. The van der Waals surface area contributed by atoms with Crippen LogP contribution in [0.5, 0.6) is 0 Å². The molecule has 0 fully saturated rings. The van der Waals surface area contributed by atoms with Crippen molar-refractivity contribution in [3.05, 3.63) is 0 Å². The second kappa shape index (κ2) is 16.6. The van der Waals surface area contributed by atoms with Crippen LogP contribution >= 0.6 is 48.0 Å². The predicted molar refractivity (Wildman–Crippen MR) is 40.8 cm³/mol. The van der Waals surface area contributed by atoms with E-state index in [-0.39, 0.29) is 95.4 Å². The van der Waals surface area contributed by atoms with Crippen molar-refractivity contribution in [1.82, 2.24) is 0 Å². The van der Waals surface area contributed by atoms with Crippen LogP contribution in [0.3, 0.4) is 0 Å². The Kier molecular flexibility index (Phi) is 116. The first-order valence-electron chi connectivity index (χ1n) is 0. The average molecular weight is 529 g/mol. The van der Waals surface area contributed by atoms with Crippen molar-refractivity contribution in [2.45, 2.75) is 0 Å². The van der Waals surface area contributed by atoms with Gasteiger partial charge in [0.2, 0.25) is 0 Å². The summed E-state index contributed by atoms with van der Waals surface area (Å²) in [5.74, 6) is 0. The molecule has 0 aliphatic carbocycles. The summed E-state index contributed by atoms with van der Waals surface area (Å²) in [6.07, 6.45) is 0. The van der Waals surface area contributed by atoms with Crippen LogP contribution in [0.25, 0.3) is 0 Å². The standard InChI is InChI=1S/Ga.Hg.2HI.3H/h;;2*1H;;;. The third kappa shape index (κ3) is 8.90. The van der Waals surface area contributed by atoms with Gasteiger partial charge in [0.05, 0.1) is 0 Å². The van der Waals surface area contributed by atoms with Crippen LogP contribution in [0.2, 0.25) is 0 Å². The van der Waals surface area contributed by atoms with Gasteiger partial charge >= 0.3 is 19.8 Å². The molecule has 0 atom stereocenters.